The zero-order valence-corrected chi connectivity index (χ0v) is 11.1. The number of ether oxygens (including phenoxy) is 1. The molecule has 3 rings (SSSR count). The second-order valence-corrected chi connectivity index (χ2v) is 6.27. The predicted octanol–water partition coefficient (Wildman–Crippen LogP) is 4.10. The summed E-state index contributed by atoms with van der Waals surface area (Å²) in [6.45, 7) is 5.58. The lowest BCUT2D eigenvalue weighted by Gasteiger charge is -2.44. The Morgan fingerprint density at radius 1 is 1.18 bits per heavy atom. The van der Waals surface area contributed by atoms with Crippen molar-refractivity contribution in [2.24, 2.45) is 17.8 Å². The molecule has 2 bridgehead atoms. The summed E-state index contributed by atoms with van der Waals surface area (Å²) < 4.78 is 6.22. The van der Waals surface area contributed by atoms with Gasteiger partial charge < -0.3 is 4.74 Å². The molecule has 0 unspecified atom stereocenters. The maximum atomic E-state index is 6.22. The molecule has 0 radical (unpaired) electrons. The van der Waals surface area contributed by atoms with Crippen LogP contribution in [0, 0.1) is 17.8 Å². The van der Waals surface area contributed by atoms with Crippen LogP contribution in [0.5, 0.6) is 0 Å². The third-order valence-electron chi connectivity index (χ3n) is 5.01. The van der Waals surface area contributed by atoms with Crippen LogP contribution in [0.15, 0.2) is 23.3 Å². The molecule has 94 valence electrons. The van der Waals surface area contributed by atoms with Gasteiger partial charge in [-0.1, -0.05) is 23.3 Å². The molecule has 1 heteroatoms. The van der Waals surface area contributed by atoms with Gasteiger partial charge in [-0.15, -0.1) is 0 Å². The summed E-state index contributed by atoms with van der Waals surface area (Å²) in [5.74, 6) is 2.30. The van der Waals surface area contributed by atoms with Crippen molar-refractivity contribution in [3.8, 4) is 0 Å². The summed E-state index contributed by atoms with van der Waals surface area (Å²) in [6, 6.07) is 0. The topological polar surface area (TPSA) is 9.23 Å². The summed E-state index contributed by atoms with van der Waals surface area (Å²) in [6.07, 6.45) is 11.9. The fourth-order valence-corrected chi connectivity index (χ4v) is 3.79. The molecule has 1 heterocycles. The third kappa shape index (κ3) is 2.22. The lowest BCUT2D eigenvalue weighted by molar-refractivity contribution is -0.0807. The highest BCUT2D eigenvalue weighted by atomic mass is 16.5. The Labute approximate surface area is 105 Å². The van der Waals surface area contributed by atoms with Crippen molar-refractivity contribution in [2.45, 2.75) is 52.1 Å². The minimum absolute atomic E-state index is 0.507. The molecular weight excluding hydrogens is 208 g/mol. The summed E-state index contributed by atoms with van der Waals surface area (Å²) in [5.41, 5.74) is 3.17. The molecule has 2 aliphatic carbocycles. The highest BCUT2D eigenvalue weighted by Crippen LogP contribution is 2.42. The summed E-state index contributed by atoms with van der Waals surface area (Å²) in [7, 11) is 0. The Morgan fingerprint density at radius 2 is 2.06 bits per heavy atom. The van der Waals surface area contributed by atoms with E-state index in [4.69, 9.17) is 4.74 Å². The normalized spacial score (nSPS) is 41.8. The fourth-order valence-electron chi connectivity index (χ4n) is 3.79. The van der Waals surface area contributed by atoms with Gasteiger partial charge in [0, 0.05) is 5.92 Å². The van der Waals surface area contributed by atoms with Crippen molar-refractivity contribution in [3.05, 3.63) is 23.3 Å². The van der Waals surface area contributed by atoms with Gasteiger partial charge in [-0.3, -0.25) is 0 Å². The van der Waals surface area contributed by atoms with Crippen molar-refractivity contribution in [1.29, 1.82) is 0 Å². The fraction of sp³-hybridized carbons (Fsp3) is 0.750. The maximum absolute atomic E-state index is 6.22. The first-order valence-corrected chi connectivity index (χ1v) is 7.18. The Bertz CT molecular complexity index is 353. The first-order valence-electron chi connectivity index (χ1n) is 7.18. The van der Waals surface area contributed by atoms with Gasteiger partial charge in [-0.25, -0.2) is 0 Å². The van der Waals surface area contributed by atoms with Crippen molar-refractivity contribution < 1.29 is 4.74 Å². The lowest BCUT2D eigenvalue weighted by Crippen LogP contribution is -2.42. The zero-order valence-electron chi connectivity index (χ0n) is 11.1. The van der Waals surface area contributed by atoms with E-state index in [1.54, 1.807) is 11.1 Å². The van der Waals surface area contributed by atoms with Crippen LogP contribution in [0.1, 0.15) is 46.0 Å². The molecule has 0 aromatic rings. The van der Waals surface area contributed by atoms with Gasteiger partial charge in [0.15, 0.2) is 0 Å². The van der Waals surface area contributed by atoms with E-state index in [2.05, 4.69) is 26.0 Å². The highest BCUT2D eigenvalue weighted by Gasteiger charge is 2.38. The molecule has 0 aromatic carbocycles. The molecule has 4 atom stereocenters. The van der Waals surface area contributed by atoms with E-state index in [0.717, 1.165) is 24.4 Å². The SMILES string of the molecule is CC1=CC[C@H]([C@H]2OC[C@@H]3CC=C(C)[C@H]2C3)CC1. The Balaban J connectivity index is 1.75. The molecule has 1 saturated heterocycles. The van der Waals surface area contributed by atoms with E-state index < -0.39 is 0 Å². The number of hydrogen-bond donors (Lipinski definition) is 0. The molecule has 0 saturated carbocycles. The van der Waals surface area contributed by atoms with E-state index >= 15 is 0 Å². The van der Waals surface area contributed by atoms with Crippen molar-refractivity contribution in [3.63, 3.8) is 0 Å². The Morgan fingerprint density at radius 3 is 2.82 bits per heavy atom. The van der Waals surface area contributed by atoms with E-state index in [1.807, 2.05) is 0 Å². The maximum Gasteiger partial charge on any atom is 0.0671 e. The summed E-state index contributed by atoms with van der Waals surface area (Å²) in [5, 5.41) is 0. The zero-order chi connectivity index (χ0) is 11.8. The molecule has 1 nitrogen and oxygen atoms in total. The molecule has 0 aromatic heterocycles. The highest BCUT2D eigenvalue weighted by molar-refractivity contribution is 5.14. The Kier molecular flexibility index (Phi) is 3.12. The van der Waals surface area contributed by atoms with Gasteiger partial charge >= 0.3 is 0 Å². The second kappa shape index (κ2) is 4.61. The first kappa shape index (κ1) is 11.5. The van der Waals surface area contributed by atoms with Crippen LogP contribution in [-0.4, -0.2) is 12.7 Å². The molecule has 0 spiro atoms. The van der Waals surface area contributed by atoms with E-state index in [1.165, 1.54) is 32.1 Å². The quantitative estimate of drug-likeness (QED) is 0.618. The first-order chi connectivity index (χ1) is 8.24. The molecular formula is C16H24O. The summed E-state index contributed by atoms with van der Waals surface area (Å²) >= 11 is 0. The van der Waals surface area contributed by atoms with Crippen LogP contribution in [0.2, 0.25) is 0 Å². The van der Waals surface area contributed by atoms with Crippen LogP contribution in [0.3, 0.4) is 0 Å². The van der Waals surface area contributed by atoms with Crippen LogP contribution in [-0.2, 0) is 4.74 Å². The monoisotopic (exact) mass is 232 g/mol. The minimum atomic E-state index is 0.507. The van der Waals surface area contributed by atoms with E-state index in [9.17, 15) is 0 Å². The molecule has 1 aliphatic heterocycles. The Hall–Kier alpha value is -0.560. The van der Waals surface area contributed by atoms with Gasteiger partial charge in [0.25, 0.3) is 0 Å². The van der Waals surface area contributed by atoms with Crippen LogP contribution >= 0.6 is 0 Å². The third-order valence-corrected chi connectivity index (χ3v) is 5.01. The van der Waals surface area contributed by atoms with Gasteiger partial charge in [0.2, 0.25) is 0 Å². The second-order valence-electron chi connectivity index (χ2n) is 6.27. The standard InChI is InChI=1S/C16H24O/c1-11-3-7-14(8-4-11)16-15-9-13(10-17-16)6-5-12(15)2/h3,5,13-16H,4,6-10H2,1-2H3/t13-,14+,15-,16-/m1/s1. The molecule has 1 fully saturated rings. The van der Waals surface area contributed by atoms with Crippen molar-refractivity contribution >= 4 is 0 Å². The van der Waals surface area contributed by atoms with Crippen LogP contribution in [0.25, 0.3) is 0 Å². The van der Waals surface area contributed by atoms with Gasteiger partial charge in [-0.2, -0.15) is 0 Å². The number of rotatable bonds is 1. The number of fused-ring (bicyclic) bond motifs is 2. The van der Waals surface area contributed by atoms with Gasteiger partial charge in [0.05, 0.1) is 12.7 Å². The van der Waals surface area contributed by atoms with Gasteiger partial charge in [0.1, 0.15) is 0 Å². The van der Waals surface area contributed by atoms with E-state index in [-0.39, 0.29) is 0 Å². The lowest BCUT2D eigenvalue weighted by atomic mass is 9.71. The number of allylic oxidation sites excluding steroid dienone is 3. The number of hydrogen-bond acceptors (Lipinski definition) is 1. The average molecular weight is 232 g/mol. The van der Waals surface area contributed by atoms with Crippen LogP contribution in [0.4, 0.5) is 0 Å². The molecule has 0 N–H and O–H groups in total. The van der Waals surface area contributed by atoms with Crippen LogP contribution < -0.4 is 0 Å². The molecule has 0 amide bonds. The van der Waals surface area contributed by atoms with Gasteiger partial charge in [-0.05, 0) is 57.8 Å². The van der Waals surface area contributed by atoms with E-state index in [0.29, 0.717) is 6.10 Å². The smallest absolute Gasteiger partial charge is 0.0671 e. The summed E-state index contributed by atoms with van der Waals surface area (Å²) in [4.78, 5) is 0. The van der Waals surface area contributed by atoms with Crippen molar-refractivity contribution in [2.75, 3.05) is 6.61 Å². The van der Waals surface area contributed by atoms with Crippen molar-refractivity contribution in [1.82, 2.24) is 0 Å². The molecule has 17 heavy (non-hydrogen) atoms. The average Bonchev–Trinajstić information content (AvgIpc) is 2.36. The minimum Gasteiger partial charge on any atom is -0.377 e. The largest absolute Gasteiger partial charge is 0.377 e. The molecule has 3 aliphatic rings. The predicted molar refractivity (Wildman–Crippen MR) is 70.8 cm³/mol.